The highest BCUT2D eigenvalue weighted by atomic mass is 16.5. The van der Waals surface area contributed by atoms with Gasteiger partial charge < -0.3 is 10.1 Å². The number of carbonyl (C=O) groups excluding carboxylic acids is 2. The summed E-state index contributed by atoms with van der Waals surface area (Å²) in [5, 5.41) is 2.79. The SMILES string of the molecule is CC(=O)CN(C)CCc1ccc2c(c1)NC(=O)CO2. The van der Waals surface area contributed by atoms with E-state index in [1.807, 2.05) is 30.1 Å². The molecule has 0 saturated carbocycles. The van der Waals surface area contributed by atoms with Gasteiger partial charge in [-0.1, -0.05) is 6.07 Å². The molecule has 19 heavy (non-hydrogen) atoms. The zero-order valence-electron chi connectivity index (χ0n) is 11.2. The maximum atomic E-state index is 11.2. The first kappa shape index (κ1) is 13.5. The van der Waals surface area contributed by atoms with Crippen LogP contribution in [0.15, 0.2) is 18.2 Å². The lowest BCUT2D eigenvalue weighted by atomic mass is 10.1. The topological polar surface area (TPSA) is 58.6 Å². The van der Waals surface area contributed by atoms with E-state index in [1.54, 1.807) is 6.92 Å². The third-order valence-corrected chi connectivity index (χ3v) is 2.95. The molecule has 1 aromatic carbocycles. The Morgan fingerprint density at radius 3 is 3.00 bits per heavy atom. The summed E-state index contributed by atoms with van der Waals surface area (Å²) in [4.78, 5) is 24.2. The van der Waals surface area contributed by atoms with Crippen molar-refractivity contribution in [2.75, 3.05) is 32.1 Å². The maximum Gasteiger partial charge on any atom is 0.262 e. The third-order valence-electron chi connectivity index (χ3n) is 2.95. The third kappa shape index (κ3) is 3.79. The van der Waals surface area contributed by atoms with Crippen molar-refractivity contribution in [1.82, 2.24) is 4.90 Å². The fourth-order valence-electron chi connectivity index (χ4n) is 2.06. The molecule has 1 aliphatic heterocycles. The summed E-state index contributed by atoms with van der Waals surface area (Å²) in [5.41, 5.74) is 1.84. The average molecular weight is 262 g/mol. The number of carbonyl (C=O) groups is 2. The van der Waals surface area contributed by atoms with E-state index in [-0.39, 0.29) is 18.3 Å². The molecule has 0 unspecified atom stereocenters. The van der Waals surface area contributed by atoms with Crippen LogP contribution in [0, 0.1) is 0 Å². The van der Waals surface area contributed by atoms with E-state index in [0.717, 1.165) is 24.2 Å². The molecule has 1 heterocycles. The van der Waals surface area contributed by atoms with Gasteiger partial charge in [-0.3, -0.25) is 14.5 Å². The minimum atomic E-state index is -0.127. The number of ether oxygens (including phenoxy) is 1. The minimum absolute atomic E-state index is 0.0771. The number of Topliss-reactive ketones (excluding diaryl/α,β-unsaturated/α-hetero) is 1. The van der Waals surface area contributed by atoms with E-state index in [1.165, 1.54) is 0 Å². The van der Waals surface area contributed by atoms with Crippen LogP contribution in [0.5, 0.6) is 5.75 Å². The number of fused-ring (bicyclic) bond motifs is 1. The van der Waals surface area contributed by atoms with E-state index in [0.29, 0.717) is 12.3 Å². The van der Waals surface area contributed by atoms with Crippen molar-refractivity contribution in [2.45, 2.75) is 13.3 Å². The molecule has 1 amide bonds. The Morgan fingerprint density at radius 1 is 1.47 bits per heavy atom. The van der Waals surface area contributed by atoms with E-state index in [9.17, 15) is 9.59 Å². The van der Waals surface area contributed by atoms with Gasteiger partial charge >= 0.3 is 0 Å². The average Bonchev–Trinajstić information content (AvgIpc) is 2.35. The normalized spacial score (nSPS) is 13.7. The lowest BCUT2D eigenvalue weighted by molar-refractivity contribution is -0.119. The van der Waals surface area contributed by atoms with Crippen molar-refractivity contribution in [3.8, 4) is 5.75 Å². The van der Waals surface area contributed by atoms with Gasteiger partial charge in [-0.05, 0) is 38.1 Å². The van der Waals surface area contributed by atoms with Crippen molar-refractivity contribution in [3.63, 3.8) is 0 Å². The number of ketones is 1. The molecule has 1 aromatic rings. The van der Waals surface area contributed by atoms with Gasteiger partial charge in [0.2, 0.25) is 0 Å². The highest BCUT2D eigenvalue weighted by Crippen LogP contribution is 2.28. The molecule has 0 spiro atoms. The van der Waals surface area contributed by atoms with Gasteiger partial charge in [-0.25, -0.2) is 0 Å². The predicted molar refractivity (Wildman–Crippen MR) is 72.4 cm³/mol. The predicted octanol–water partition coefficient (Wildman–Crippen LogP) is 1.08. The summed E-state index contributed by atoms with van der Waals surface area (Å²) >= 11 is 0. The molecule has 0 fully saturated rings. The number of hydrogen-bond donors (Lipinski definition) is 1. The smallest absolute Gasteiger partial charge is 0.262 e. The molecule has 0 bridgehead atoms. The standard InChI is InChI=1S/C14H18N2O3/c1-10(17)8-16(2)6-5-11-3-4-13-12(7-11)15-14(18)9-19-13/h3-4,7H,5-6,8-9H2,1-2H3,(H,15,18). The Morgan fingerprint density at radius 2 is 2.26 bits per heavy atom. The van der Waals surface area contributed by atoms with Crippen LogP contribution in [0.4, 0.5) is 5.69 Å². The van der Waals surface area contributed by atoms with Crippen LogP contribution in [-0.4, -0.2) is 43.3 Å². The summed E-state index contributed by atoms with van der Waals surface area (Å²) < 4.78 is 5.30. The highest BCUT2D eigenvalue weighted by Gasteiger charge is 2.15. The number of nitrogens with one attached hydrogen (secondary N) is 1. The van der Waals surface area contributed by atoms with Crippen molar-refractivity contribution < 1.29 is 14.3 Å². The van der Waals surface area contributed by atoms with Gasteiger partial charge in [-0.15, -0.1) is 0 Å². The minimum Gasteiger partial charge on any atom is -0.482 e. The van der Waals surface area contributed by atoms with Crippen molar-refractivity contribution in [1.29, 1.82) is 0 Å². The maximum absolute atomic E-state index is 11.2. The van der Waals surface area contributed by atoms with Crippen LogP contribution < -0.4 is 10.1 Å². The molecule has 1 N–H and O–H groups in total. The van der Waals surface area contributed by atoms with Crippen LogP contribution in [-0.2, 0) is 16.0 Å². The first-order valence-electron chi connectivity index (χ1n) is 6.28. The second kappa shape index (κ2) is 5.84. The number of anilines is 1. The van der Waals surface area contributed by atoms with Gasteiger partial charge in [-0.2, -0.15) is 0 Å². The fourth-order valence-corrected chi connectivity index (χ4v) is 2.06. The molecule has 1 aliphatic rings. The van der Waals surface area contributed by atoms with Gasteiger partial charge in [0.1, 0.15) is 11.5 Å². The van der Waals surface area contributed by atoms with E-state index >= 15 is 0 Å². The number of likely N-dealkylation sites (N-methyl/N-ethyl adjacent to an activating group) is 1. The highest BCUT2D eigenvalue weighted by molar-refractivity contribution is 5.95. The van der Waals surface area contributed by atoms with Crippen molar-refractivity contribution in [2.24, 2.45) is 0 Å². The number of rotatable bonds is 5. The van der Waals surface area contributed by atoms with Crippen LogP contribution in [0.2, 0.25) is 0 Å². The molecule has 5 heteroatoms. The summed E-state index contributed by atoms with van der Waals surface area (Å²) in [6.07, 6.45) is 0.826. The van der Waals surface area contributed by atoms with Crippen molar-refractivity contribution >= 4 is 17.4 Å². The Balaban J connectivity index is 1.96. The van der Waals surface area contributed by atoms with E-state index in [4.69, 9.17) is 4.74 Å². The lowest BCUT2D eigenvalue weighted by Crippen LogP contribution is -2.27. The molecule has 0 radical (unpaired) electrons. The molecule has 0 aromatic heterocycles. The van der Waals surface area contributed by atoms with Crippen molar-refractivity contribution in [3.05, 3.63) is 23.8 Å². The van der Waals surface area contributed by atoms with Gasteiger partial charge in [0.15, 0.2) is 6.61 Å². The molecule has 102 valence electrons. The molecule has 0 atom stereocenters. The largest absolute Gasteiger partial charge is 0.482 e. The Kier molecular flexibility index (Phi) is 4.16. The Labute approximate surface area is 112 Å². The molecule has 2 rings (SSSR count). The van der Waals surface area contributed by atoms with E-state index in [2.05, 4.69) is 5.32 Å². The zero-order chi connectivity index (χ0) is 13.8. The van der Waals surface area contributed by atoms with Crippen LogP contribution >= 0.6 is 0 Å². The van der Waals surface area contributed by atoms with Gasteiger partial charge in [0.05, 0.1) is 12.2 Å². The fraction of sp³-hybridized carbons (Fsp3) is 0.429. The number of benzene rings is 1. The first-order chi connectivity index (χ1) is 9.04. The van der Waals surface area contributed by atoms with Gasteiger partial charge in [0, 0.05) is 6.54 Å². The number of nitrogens with zero attached hydrogens (tertiary/aromatic N) is 1. The van der Waals surface area contributed by atoms with Gasteiger partial charge in [0.25, 0.3) is 5.91 Å². The monoisotopic (exact) mass is 262 g/mol. The molecule has 0 saturated heterocycles. The second-order valence-electron chi connectivity index (χ2n) is 4.86. The quantitative estimate of drug-likeness (QED) is 0.862. The number of hydrogen-bond acceptors (Lipinski definition) is 4. The second-order valence-corrected chi connectivity index (χ2v) is 4.86. The van der Waals surface area contributed by atoms with Crippen LogP contribution in [0.25, 0.3) is 0 Å². The lowest BCUT2D eigenvalue weighted by Gasteiger charge is -2.19. The Bertz CT molecular complexity index is 499. The first-order valence-corrected chi connectivity index (χ1v) is 6.28. The summed E-state index contributed by atoms with van der Waals surface area (Å²) in [6.45, 7) is 2.92. The molecular weight excluding hydrogens is 244 g/mol. The molecule has 0 aliphatic carbocycles. The summed E-state index contributed by atoms with van der Waals surface area (Å²) in [6, 6.07) is 5.78. The summed E-state index contributed by atoms with van der Waals surface area (Å²) in [5.74, 6) is 0.743. The van der Waals surface area contributed by atoms with Crippen LogP contribution in [0.1, 0.15) is 12.5 Å². The zero-order valence-corrected chi connectivity index (χ0v) is 11.2. The Hall–Kier alpha value is -1.88. The molecule has 5 nitrogen and oxygen atoms in total. The van der Waals surface area contributed by atoms with E-state index < -0.39 is 0 Å². The molecular formula is C14H18N2O3. The number of amides is 1. The summed E-state index contributed by atoms with van der Waals surface area (Å²) in [7, 11) is 1.92. The van der Waals surface area contributed by atoms with Crippen LogP contribution in [0.3, 0.4) is 0 Å².